The van der Waals surface area contributed by atoms with Crippen LogP contribution in [0.2, 0.25) is 0 Å². The van der Waals surface area contributed by atoms with Crippen molar-refractivity contribution in [2.45, 2.75) is 57.7 Å². The van der Waals surface area contributed by atoms with Crippen LogP contribution in [0.25, 0.3) is 10.9 Å². The lowest BCUT2D eigenvalue weighted by Crippen LogP contribution is -2.15. The summed E-state index contributed by atoms with van der Waals surface area (Å²) in [6.45, 7) is 3.64. The van der Waals surface area contributed by atoms with Gasteiger partial charge >= 0.3 is 0 Å². The SMILES string of the molecule is COc1cc(Nc2ccnc3c2CCC3O)ccc1CCCc1c[nH]c2c(C(C)(C)O)cccc12. The standard InChI is InChI=1S/C29H33N3O3/c1-29(2,34)23-9-5-8-21-19(17-31-27(21)23)7-4-6-18-10-11-20(16-26(18)35-3)32-24-14-15-30-28-22(24)12-13-25(28)33/h5,8-11,14-17,25,31,33-34H,4,6-7,12-13H2,1-3H3,(H,30,32). The number of nitrogens with one attached hydrogen (secondary N) is 2. The highest BCUT2D eigenvalue weighted by atomic mass is 16.5. The van der Waals surface area contributed by atoms with Crippen LogP contribution >= 0.6 is 0 Å². The molecule has 0 radical (unpaired) electrons. The average molecular weight is 472 g/mol. The number of hydrogen-bond acceptors (Lipinski definition) is 5. The Bertz CT molecular complexity index is 1350. The van der Waals surface area contributed by atoms with Crippen LogP contribution in [0, 0.1) is 0 Å². The summed E-state index contributed by atoms with van der Waals surface area (Å²) >= 11 is 0. The average Bonchev–Trinajstić information content (AvgIpc) is 3.43. The summed E-state index contributed by atoms with van der Waals surface area (Å²) in [6.07, 6.45) is 7.71. The van der Waals surface area contributed by atoms with Gasteiger partial charge in [0.05, 0.1) is 30.0 Å². The second-order valence-electron chi connectivity index (χ2n) is 9.88. The third kappa shape index (κ3) is 4.64. The molecule has 2 aromatic heterocycles. The van der Waals surface area contributed by atoms with Crippen LogP contribution in [0.1, 0.15) is 60.7 Å². The van der Waals surface area contributed by atoms with Gasteiger partial charge in [-0.25, -0.2) is 0 Å². The van der Waals surface area contributed by atoms with Crippen LogP contribution in [-0.4, -0.2) is 27.3 Å². The van der Waals surface area contributed by atoms with Gasteiger partial charge in [0.25, 0.3) is 0 Å². The number of hydrogen-bond donors (Lipinski definition) is 4. The van der Waals surface area contributed by atoms with Crippen LogP contribution < -0.4 is 10.1 Å². The number of anilines is 2. The molecule has 0 fully saturated rings. The fourth-order valence-electron chi connectivity index (χ4n) is 5.18. The van der Waals surface area contributed by atoms with Gasteiger partial charge in [-0.15, -0.1) is 0 Å². The smallest absolute Gasteiger partial charge is 0.124 e. The van der Waals surface area contributed by atoms with E-state index in [-0.39, 0.29) is 0 Å². The number of aliphatic hydroxyl groups excluding tert-OH is 1. The molecule has 1 aliphatic carbocycles. The Kier molecular flexibility index (Phi) is 6.26. The highest BCUT2D eigenvalue weighted by Crippen LogP contribution is 2.36. The van der Waals surface area contributed by atoms with Crippen molar-refractivity contribution in [1.82, 2.24) is 9.97 Å². The topological polar surface area (TPSA) is 90.4 Å². The van der Waals surface area contributed by atoms with E-state index in [0.29, 0.717) is 0 Å². The number of aromatic amines is 1. The molecule has 4 aromatic rings. The Balaban J connectivity index is 1.28. The fraction of sp³-hybridized carbons (Fsp3) is 0.345. The van der Waals surface area contributed by atoms with Crippen molar-refractivity contribution in [3.63, 3.8) is 0 Å². The first-order chi connectivity index (χ1) is 16.8. The van der Waals surface area contributed by atoms with Crippen LogP contribution in [0.5, 0.6) is 5.75 Å². The summed E-state index contributed by atoms with van der Waals surface area (Å²) in [4.78, 5) is 7.72. The Labute approximate surface area is 206 Å². The van der Waals surface area contributed by atoms with E-state index in [1.165, 1.54) is 16.5 Å². The molecule has 35 heavy (non-hydrogen) atoms. The summed E-state index contributed by atoms with van der Waals surface area (Å²) in [5, 5.41) is 25.3. The van der Waals surface area contributed by atoms with E-state index in [4.69, 9.17) is 4.74 Å². The molecule has 1 aliphatic rings. The lowest BCUT2D eigenvalue weighted by molar-refractivity contribution is 0.0800. The van der Waals surface area contributed by atoms with E-state index in [2.05, 4.69) is 39.7 Å². The van der Waals surface area contributed by atoms with E-state index in [1.54, 1.807) is 13.3 Å². The highest BCUT2D eigenvalue weighted by Gasteiger charge is 2.24. The Morgan fingerprint density at radius 1 is 1.14 bits per heavy atom. The number of ether oxygens (including phenoxy) is 1. The van der Waals surface area contributed by atoms with Gasteiger partial charge in [0, 0.05) is 40.8 Å². The summed E-state index contributed by atoms with van der Waals surface area (Å²) in [6, 6.07) is 14.3. The number of H-pyrrole nitrogens is 1. The van der Waals surface area contributed by atoms with E-state index in [9.17, 15) is 10.2 Å². The molecule has 1 unspecified atom stereocenters. The Hall–Kier alpha value is -3.35. The minimum Gasteiger partial charge on any atom is -0.496 e. The molecule has 0 bridgehead atoms. The molecule has 4 N–H and O–H groups in total. The van der Waals surface area contributed by atoms with Crippen molar-refractivity contribution >= 4 is 22.3 Å². The zero-order valence-electron chi connectivity index (χ0n) is 20.6. The van der Waals surface area contributed by atoms with Gasteiger partial charge in [-0.1, -0.05) is 24.3 Å². The predicted octanol–water partition coefficient (Wildman–Crippen LogP) is 5.70. The molecule has 6 nitrogen and oxygen atoms in total. The fourth-order valence-corrected chi connectivity index (χ4v) is 5.18. The van der Waals surface area contributed by atoms with Gasteiger partial charge in [0.15, 0.2) is 0 Å². The predicted molar refractivity (Wildman–Crippen MR) is 139 cm³/mol. The maximum Gasteiger partial charge on any atom is 0.124 e. The number of methoxy groups -OCH3 is 1. The Morgan fingerprint density at radius 3 is 2.77 bits per heavy atom. The van der Waals surface area contributed by atoms with Crippen LogP contribution in [0.15, 0.2) is 54.9 Å². The maximum absolute atomic E-state index is 10.5. The monoisotopic (exact) mass is 471 g/mol. The van der Waals surface area contributed by atoms with Crippen LogP contribution in [0.4, 0.5) is 11.4 Å². The number of aliphatic hydroxyl groups is 2. The van der Waals surface area contributed by atoms with E-state index < -0.39 is 11.7 Å². The summed E-state index contributed by atoms with van der Waals surface area (Å²) in [5.41, 5.74) is 7.30. The van der Waals surface area contributed by atoms with Gasteiger partial charge in [0.1, 0.15) is 5.75 Å². The molecule has 5 rings (SSSR count). The summed E-state index contributed by atoms with van der Waals surface area (Å²) < 4.78 is 5.72. The molecule has 0 spiro atoms. The van der Waals surface area contributed by atoms with E-state index >= 15 is 0 Å². The lowest BCUT2D eigenvalue weighted by Gasteiger charge is -2.18. The minimum absolute atomic E-state index is 0.470. The first-order valence-corrected chi connectivity index (χ1v) is 12.3. The van der Waals surface area contributed by atoms with Gasteiger partial charge < -0.3 is 25.3 Å². The lowest BCUT2D eigenvalue weighted by atomic mass is 9.95. The molecular weight excluding hydrogens is 438 g/mol. The van der Waals surface area contributed by atoms with Crippen molar-refractivity contribution in [2.75, 3.05) is 12.4 Å². The van der Waals surface area contributed by atoms with Gasteiger partial charge in [-0.3, -0.25) is 4.98 Å². The zero-order valence-corrected chi connectivity index (χ0v) is 20.6. The summed E-state index contributed by atoms with van der Waals surface area (Å²) in [7, 11) is 1.71. The zero-order chi connectivity index (χ0) is 24.6. The second kappa shape index (κ2) is 9.36. The molecule has 2 aromatic carbocycles. The number of fused-ring (bicyclic) bond motifs is 2. The van der Waals surface area contributed by atoms with Crippen LogP contribution in [-0.2, 0) is 24.9 Å². The second-order valence-corrected chi connectivity index (χ2v) is 9.88. The first kappa shape index (κ1) is 23.4. The van der Waals surface area contributed by atoms with Gasteiger partial charge in [-0.05, 0) is 74.8 Å². The number of aromatic nitrogens is 2. The molecule has 182 valence electrons. The van der Waals surface area contributed by atoms with Crippen molar-refractivity contribution in [1.29, 1.82) is 0 Å². The highest BCUT2D eigenvalue weighted by molar-refractivity contribution is 5.86. The number of pyridine rings is 1. The quantitative estimate of drug-likeness (QED) is 0.265. The van der Waals surface area contributed by atoms with E-state index in [1.807, 2.05) is 38.1 Å². The molecule has 1 atom stereocenters. The van der Waals surface area contributed by atoms with Gasteiger partial charge in [-0.2, -0.15) is 0 Å². The molecule has 6 heteroatoms. The summed E-state index contributed by atoms with van der Waals surface area (Å²) in [5.74, 6) is 0.865. The largest absolute Gasteiger partial charge is 0.496 e. The molecule has 0 saturated heterocycles. The van der Waals surface area contributed by atoms with Crippen molar-refractivity contribution in [3.8, 4) is 5.75 Å². The van der Waals surface area contributed by atoms with Crippen molar-refractivity contribution in [2.24, 2.45) is 0 Å². The number of para-hydroxylation sites is 1. The molecule has 0 aliphatic heterocycles. The molecule has 2 heterocycles. The third-order valence-electron chi connectivity index (χ3n) is 6.99. The van der Waals surface area contributed by atoms with Crippen molar-refractivity contribution in [3.05, 3.63) is 82.8 Å². The minimum atomic E-state index is -0.888. The van der Waals surface area contributed by atoms with E-state index in [0.717, 1.165) is 71.6 Å². The Morgan fingerprint density at radius 2 is 1.97 bits per heavy atom. The maximum atomic E-state index is 10.5. The third-order valence-corrected chi connectivity index (χ3v) is 6.99. The number of rotatable bonds is 8. The number of benzene rings is 2. The molecular formula is C29H33N3O3. The number of aryl methyl sites for hydroxylation is 2. The number of nitrogens with zero attached hydrogens (tertiary/aromatic N) is 1. The van der Waals surface area contributed by atoms with Crippen molar-refractivity contribution < 1.29 is 14.9 Å². The normalized spacial score (nSPS) is 15.4. The van der Waals surface area contributed by atoms with Gasteiger partial charge in [0.2, 0.25) is 0 Å². The first-order valence-electron chi connectivity index (χ1n) is 12.3. The van der Waals surface area contributed by atoms with Crippen LogP contribution in [0.3, 0.4) is 0 Å². The molecule has 0 amide bonds. The molecule has 0 saturated carbocycles.